The summed E-state index contributed by atoms with van der Waals surface area (Å²) in [4.78, 5) is 26.3. The van der Waals surface area contributed by atoms with E-state index in [1.165, 1.54) is 17.6 Å². The number of halogens is 1. The zero-order chi connectivity index (χ0) is 23.2. The molecule has 0 saturated carbocycles. The maximum Gasteiger partial charge on any atom is 0.287 e. The van der Waals surface area contributed by atoms with Crippen LogP contribution in [0.3, 0.4) is 0 Å². The van der Waals surface area contributed by atoms with Crippen LogP contribution in [0.15, 0.2) is 89.0 Å². The van der Waals surface area contributed by atoms with Gasteiger partial charge >= 0.3 is 0 Å². The van der Waals surface area contributed by atoms with Gasteiger partial charge in [-0.05, 0) is 46.5 Å². The third-order valence-electron chi connectivity index (χ3n) is 4.75. The Balaban J connectivity index is 1.57. The molecule has 1 heterocycles. The van der Waals surface area contributed by atoms with Crippen molar-refractivity contribution >= 4 is 57.8 Å². The summed E-state index contributed by atoms with van der Waals surface area (Å²) in [6, 6.07) is 21.1. The first-order valence-corrected chi connectivity index (χ1v) is 11.1. The molecule has 33 heavy (non-hydrogen) atoms. The molecule has 0 bridgehead atoms. The Kier molecular flexibility index (Phi) is 6.83. The lowest BCUT2D eigenvalue weighted by atomic mass is 10.0. The van der Waals surface area contributed by atoms with Crippen molar-refractivity contribution in [2.75, 3.05) is 0 Å². The second-order valence-electron chi connectivity index (χ2n) is 6.93. The fraction of sp³-hybridized carbons (Fsp3) is 0. The quantitative estimate of drug-likeness (QED) is 0.204. The summed E-state index contributed by atoms with van der Waals surface area (Å²) in [6.45, 7) is 0. The summed E-state index contributed by atoms with van der Waals surface area (Å²) >= 11 is 7.53. The third kappa shape index (κ3) is 5.28. The van der Waals surface area contributed by atoms with Crippen molar-refractivity contribution in [3.8, 4) is 5.75 Å². The second kappa shape index (κ2) is 10.1. The summed E-state index contributed by atoms with van der Waals surface area (Å²) < 4.78 is 0. The van der Waals surface area contributed by atoms with Crippen molar-refractivity contribution in [2.45, 2.75) is 0 Å². The summed E-state index contributed by atoms with van der Waals surface area (Å²) in [6.07, 6.45) is 2.92. The van der Waals surface area contributed by atoms with E-state index in [-0.39, 0.29) is 22.0 Å². The number of hydrogen-bond donors (Lipinski definition) is 3. The van der Waals surface area contributed by atoms with E-state index in [2.05, 4.69) is 15.8 Å². The summed E-state index contributed by atoms with van der Waals surface area (Å²) in [5.74, 6) is -1.11. The topological polar surface area (TPSA) is 90.8 Å². The molecular weight excluding hydrogens is 458 g/mol. The van der Waals surface area contributed by atoms with Crippen LogP contribution in [0.4, 0.5) is 0 Å². The first-order valence-electron chi connectivity index (χ1n) is 9.88. The van der Waals surface area contributed by atoms with Gasteiger partial charge in [0.25, 0.3) is 11.8 Å². The number of phenolic OH excluding ortho intramolecular Hbond substituents is 1. The van der Waals surface area contributed by atoms with Crippen molar-refractivity contribution in [3.63, 3.8) is 0 Å². The largest absolute Gasteiger partial charge is 0.507 e. The van der Waals surface area contributed by atoms with Crippen molar-refractivity contribution in [1.29, 1.82) is 0 Å². The molecule has 2 amide bonds. The fourth-order valence-electron chi connectivity index (χ4n) is 3.14. The van der Waals surface area contributed by atoms with Crippen LogP contribution in [0.25, 0.3) is 16.8 Å². The normalized spacial score (nSPS) is 11.6. The van der Waals surface area contributed by atoms with E-state index in [9.17, 15) is 14.7 Å². The lowest BCUT2D eigenvalue weighted by Crippen LogP contribution is -2.33. The Bertz CT molecular complexity index is 1380. The van der Waals surface area contributed by atoms with E-state index >= 15 is 0 Å². The molecule has 4 aromatic rings. The van der Waals surface area contributed by atoms with Crippen LogP contribution in [-0.4, -0.2) is 23.1 Å². The molecule has 8 heteroatoms. The van der Waals surface area contributed by atoms with Gasteiger partial charge in [0.15, 0.2) is 0 Å². The Morgan fingerprint density at radius 1 is 0.970 bits per heavy atom. The van der Waals surface area contributed by atoms with E-state index in [0.717, 1.165) is 15.6 Å². The molecule has 0 aliphatic carbocycles. The van der Waals surface area contributed by atoms with Crippen LogP contribution in [0.1, 0.15) is 20.8 Å². The Labute approximate surface area is 198 Å². The zero-order valence-corrected chi connectivity index (χ0v) is 18.7. The van der Waals surface area contributed by atoms with E-state index < -0.39 is 11.8 Å². The van der Waals surface area contributed by atoms with Crippen LogP contribution in [0, 0.1) is 0 Å². The number of phenols is 1. The van der Waals surface area contributed by atoms with Crippen molar-refractivity contribution in [1.82, 2.24) is 10.7 Å². The predicted molar refractivity (Wildman–Crippen MR) is 133 cm³/mol. The minimum Gasteiger partial charge on any atom is -0.507 e. The molecule has 0 spiro atoms. The first-order chi connectivity index (χ1) is 16.0. The van der Waals surface area contributed by atoms with E-state index in [1.807, 2.05) is 41.8 Å². The van der Waals surface area contributed by atoms with Gasteiger partial charge in [-0.2, -0.15) is 5.10 Å². The van der Waals surface area contributed by atoms with Crippen LogP contribution in [0.2, 0.25) is 5.02 Å². The maximum atomic E-state index is 12.9. The first kappa shape index (κ1) is 22.3. The van der Waals surface area contributed by atoms with Crippen LogP contribution in [0.5, 0.6) is 5.75 Å². The van der Waals surface area contributed by atoms with E-state index in [1.54, 1.807) is 42.5 Å². The number of hydrogen-bond acceptors (Lipinski definition) is 5. The molecule has 0 unspecified atom stereocenters. The molecule has 3 N–H and O–H groups in total. The van der Waals surface area contributed by atoms with Crippen LogP contribution >= 0.6 is 22.9 Å². The van der Waals surface area contributed by atoms with Crippen LogP contribution in [-0.2, 0) is 4.79 Å². The van der Waals surface area contributed by atoms with Gasteiger partial charge in [0.1, 0.15) is 11.4 Å². The third-order valence-corrected chi connectivity index (χ3v) is 5.90. The molecule has 0 atom stereocenters. The van der Waals surface area contributed by atoms with Crippen molar-refractivity contribution < 1.29 is 14.7 Å². The van der Waals surface area contributed by atoms with Gasteiger partial charge in [-0.15, -0.1) is 11.3 Å². The minimum absolute atomic E-state index is 0.00154. The lowest BCUT2D eigenvalue weighted by molar-refractivity contribution is -0.117. The van der Waals surface area contributed by atoms with Gasteiger partial charge in [0.2, 0.25) is 0 Å². The smallest absolute Gasteiger partial charge is 0.287 e. The predicted octanol–water partition coefficient (Wildman–Crippen LogP) is 5.18. The molecule has 164 valence electrons. The molecule has 0 aliphatic heterocycles. The summed E-state index contributed by atoms with van der Waals surface area (Å²) in [5.41, 5.74) is 3.13. The number of amides is 2. The number of carbonyl (C=O) groups excluding carboxylic acids is 2. The molecule has 4 rings (SSSR count). The fourth-order valence-corrected chi connectivity index (χ4v) is 4.02. The molecule has 0 saturated heterocycles. The Morgan fingerprint density at radius 3 is 2.55 bits per heavy atom. The number of benzene rings is 3. The molecule has 0 fully saturated rings. The van der Waals surface area contributed by atoms with E-state index in [0.29, 0.717) is 5.56 Å². The highest BCUT2D eigenvalue weighted by Gasteiger charge is 2.16. The van der Waals surface area contributed by atoms with E-state index in [4.69, 9.17) is 11.6 Å². The number of fused-ring (bicyclic) bond motifs is 1. The molecule has 3 aromatic carbocycles. The van der Waals surface area contributed by atoms with Gasteiger partial charge in [0, 0.05) is 10.4 Å². The summed E-state index contributed by atoms with van der Waals surface area (Å²) in [5, 5.41) is 20.7. The number of aromatic hydroxyl groups is 1. The second-order valence-corrected chi connectivity index (χ2v) is 8.31. The molecule has 0 aliphatic rings. The summed E-state index contributed by atoms with van der Waals surface area (Å²) in [7, 11) is 0. The van der Waals surface area contributed by atoms with Crippen molar-refractivity contribution in [3.05, 3.63) is 105 Å². The maximum absolute atomic E-state index is 12.9. The standard InChI is InChI=1S/C25H18ClN3O3S/c26-21-10-4-3-9-19(21)24(31)28-22(14-17-7-5-13-33-17)25(32)29-27-15-20-18-8-2-1-6-16(18)11-12-23(20)30/h1-15,30H,(H,28,31)(H,29,32). The number of rotatable bonds is 6. The number of hydrazone groups is 1. The van der Waals surface area contributed by atoms with Gasteiger partial charge in [-0.3, -0.25) is 9.59 Å². The number of nitrogens with one attached hydrogen (secondary N) is 2. The highest BCUT2D eigenvalue weighted by atomic mass is 35.5. The Hall–Kier alpha value is -3.94. The van der Waals surface area contributed by atoms with Gasteiger partial charge in [-0.25, -0.2) is 5.43 Å². The number of thiophene rings is 1. The minimum atomic E-state index is -0.625. The highest BCUT2D eigenvalue weighted by molar-refractivity contribution is 7.10. The van der Waals surface area contributed by atoms with Crippen molar-refractivity contribution in [2.24, 2.45) is 5.10 Å². The van der Waals surface area contributed by atoms with Gasteiger partial charge < -0.3 is 10.4 Å². The van der Waals surface area contributed by atoms with Gasteiger partial charge in [0.05, 0.1) is 16.8 Å². The average Bonchev–Trinajstić information content (AvgIpc) is 3.33. The average molecular weight is 476 g/mol. The Morgan fingerprint density at radius 2 is 1.76 bits per heavy atom. The molecular formula is C25H18ClN3O3S. The molecule has 0 radical (unpaired) electrons. The zero-order valence-electron chi connectivity index (χ0n) is 17.2. The lowest BCUT2D eigenvalue weighted by Gasteiger charge is -2.10. The molecule has 6 nitrogen and oxygen atoms in total. The SMILES string of the molecule is O=C(NN=Cc1c(O)ccc2ccccc12)C(=Cc1cccs1)NC(=O)c1ccccc1Cl. The molecule has 1 aromatic heterocycles. The number of nitrogens with zero attached hydrogens (tertiary/aromatic N) is 1. The number of carbonyl (C=O) groups is 2. The van der Waals surface area contributed by atoms with Crippen LogP contribution < -0.4 is 10.7 Å². The van der Waals surface area contributed by atoms with Gasteiger partial charge in [-0.1, -0.05) is 60.1 Å². The highest BCUT2D eigenvalue weighted by Crippen LogP contribution is 2.25. The monoisotopic (exact) mass is 475 g/mol.